The first-order chi connectivity index (χ1) is 13.1. The quantitative estimate of drug-likeness (QED) is 0.486. The van der Waals surface area contributed by atoms with Crippen molar-refractivity contribution in [1.29, 1.82) is 0 Å². The van der Waals surface area contributed by atoms with Crippen LogP contribution in [-0.4, -0.2) is 20.7 Å². The Morgan fingerprint density at radius 1 is 1.22 bits per heavy atom. The number of carbonyl (C=O) groups is 1. The van der Waals surface area contributed by atoms with E-state index in [0.29, 0.717) is 17.4 Å². The molecule has 0 bridgehead atoms. The van der Waals surface area contributed by atoms with E-state index in [1.807, 2.05) is 41.8 Å². The molecule has 0 aliphatic rings. The average molecular weight is 382 g/mol. The molecular weight excluding hydrogens is 363 g/mol. The summed E-state index contributed by atoms with van der Waals surface area (Å²) in [5, 5.41) is 11.2. The van der Waals surface area contributed by atoms with Crippen molar-refractivity contribution in [3.05, 3.63) is 84.5 Å². The third-order valence-corrected chi connectivity index (χ3v) is 5.12. The molecular formula is C20H19FN4OS. The summed E-state index contributed by atoms with van der Waals surface area (Å²) in [6.45, 7) is 6.17. The summed E-state index contributed by atoms with van der Waals surface area (Å²) >= 11 is 1.32. The topological polar surface area (TPSA) is 59.8 Å². The lowest BCUT2D eigenvalue weighted by molar-refractivity contribution is -0.115. The van der Waals surface area contributed by atoms with Crippen LogP contribution in [0.25, 0.3) is 0 Å². The minimum atomic E-state index is -0.539. The first-order valence-electron chi connectivity index (χ1n) is 8.37. The van der Waals surface area contributed by atoms with Crippen LogP contribution in [0.4, 0.5) is 10.1 Å². The Morgan fingerprint density at radius 2 is 1.93 bits per heavy atom. The van der Waals surface area contributed by atoms with E-state index in [9.17, 15) is 9.18 Å². The predicted molar refractivity (Wildman–Crippen MR) is 105 cm³/mol. The maximum absolute atomic E-state index is 13.1. The zero-order chi connectivity index (χ0) is 19.2. The van der Waals surface area contributed by atoms with Crippen molar-refractivity contribution in [2.24, 2.45) is 0 Å². The van der Waals surface area contributed by atoms with Crippen molar-refractivity contribution in [2.75, 3.05) is 5.32 Å². The summed E-state index contributed by atoms with van der Waals surface area (Å²) in [7, 11) is 0. The number of aryl methyl sites for hydroxylation is 1. The van der Waals surface area contributed by atoms with E-state index in [1.54, 1.807) is 6.08 Å². The summed E-state index contributed by atoms with van der Waals surface area (Å²) in [5.74, 6) is 0.182. The van der Waals surface area contributed by atoms with Gasteiger partial charge in [-0.15, -0.1) is 16.8 Å². The number of carbonyl (C=O) groups excluding carboxylic acids is 1. The number of nitrogens with one attached hydrogen (secondary N) is 1. The molecule has 0 saturated heterocycles. The molecule has 0 saturated carbocycles. The number of benzene rings is 2. The van der Waals surface area contributed by atoms with Gasteiger partial charge in [0.15, 0.2) is 5.16 Å². The second-order valence-corrected chi connectivity index (χ2v) is 6.91. The number of nitrogens with zero attached hydrogens (tertiary/aromatic N) is 3. The Balaban J connectivity index is 1.88. The number of hydrogen-bond acceptors (Lipinski definition) is 4. The summed E-state index contributed by atoms with van der Waals surface area (Å²) in [5.41, 5.74) is 1.37. The SMILES string of the molecule is C=CCn1c(C)nnc1S[C@H](C(=O)Nc1ccc(F)cc1)c1ccccc1. The highest BCUT2D eigenvalue weighted by Gasteiger charge is 2.25. The maximum atomic E-state index is 13.1. The number of amides is 1. The molecule has 1 N–H and O–H groups in total. The Kier molecular flexibility index (Phi) is 6.03. The second-order valence-electron chi connectivity index (χ2n) is 5.83. The Hall–Kier alpha value is -2.93. The lowest BCUT2D eigenvalue weighted by atomic mass is 10.1. The number of hydrogen-bond donors (Lipinski definition) is 1. The van der Waals surface area contributed by atoms with Gasteiger partial charge in [0.2, 0.25) is 5.91 Å². The van der Waals surface area contributed by atoms with Crippen LogP contribution >= 0.6 is 11.8 Å². The van der Waals surface area contributed by atoms with Crippen LogP contribution in [0.5, 0.6) is 0 Å². The molecule has 0 radical (unpaired) electrons. The summed E-state index contributed by atoms with van der Waals surface area (Å²) in [6, 6.07) is 15.1. The molecule has 1 atom stereocenters. The molecule has 3 aromatic rings. The van der Waals surface area contributed by atoms with Crippen LogP contribution in [0, 0.1) is 12.7 Å². The molecule has 0 unspecified atom stereocenters. The Bertz CT molecular complexity index is 925. The van der Waals surface area contributed by atoms with Crippen molar-refractivity contribution >= 4 is 23.4 Å². The number of allylic oxidation sites excluding steroid dienone is 1. The van der Waals surface area contributed by atoms with Crippen molar-refractivity contribution in [2.45, 2.75) is 23.9 Å². The van der Waals surface area contributed by atoms with Crippen molar-refractivity contribution < 1.29 is 9.18 Å². The van der Waals surface area contributed by atoms with Gasteiger partial charge >= 0.3 is 0 Å². The van der Waals surface area contributed by atoms with Crippen LogP contribution in [0.2, 0.25) is 0 Å². The van der Waals surface area contributed by atoms with Gasteiger partial charge < -0.3 is 9.88 Å². The molecule has 0 aliphatic heterocycles. The second kappa shape index (κ2) is 8.64. The molecule has 1 aromatic heterocycles. The van der Waals surface area contributed by atoms with Crippen molar-refractivity contribution in [1.82, 2.24) is 14.8 Å². The number of thioether (sulfide) groups is 1. The van der Waals surface area contributed by atoms with Gasteiger partial charge in [0, 0.05) is 12.2 Å². The highest BCUT2D eigenvalue weighted by atomic mass is 32.2. The van der Waals surface area contributed by atoms with Crippen molar-refractivity contribution in [3.63, 3.8) is 0 Å². The van der Waals surface area contributed by atoms with Gasteiger partial charge in [-0.05, 0) is 36.8 Å². The average Bonchev–Trinajstić information content (AvgIpc) is 3.02. The van der Waals surface area contributed by atoms with E-state index in [-0.39, 0.29) is 11.7 Å². The monoisotopic (exact) mass is 382 g/mol. The summed E-state index contributed by atoms with van der Waals surface area (Å²) in [6.07, 6.45) is 1.76. The third kappa shape index (κ3) is 4.62. The van der Waals surface area contributed by atoms with Crippen molar-refractivity contribution in [3.8, 4) is 0 Å². The molecule has 0 spiro atoms. The molecule has 2 aromatic carbocycles. The molecule has 27 heavy (non-hydrogen) atoms. The fourth-order valence-corrected chi connectivity index (χ4v) is 3.63. The van der Waals surface area contributed by atoms with Gasteiger partial charge in [-0.25, -0.2) is 4.39 Å². The van der Waals surface area contributed by atoms with E-state index in [1.165, 1.54) is 36.0 Å². The van der Waals surface area contributed by atoms with Crippen LogP contribution in [-0.2, 0) is 11.3 Å². The molecule has 0 aliphatic carbocycles. The minimum absolute atomic E-state index is 0.219. The number of rotatable bonds is 7. The van der Waals surface area contributed by atoms with Gasteiger partial charge in [0.25, 0.3) is 0 Å². The van der Waals surface area contributed by atoms with E-state index in [2.05, 4.69) is 22.1 Å². The highest BCUT2D eigenvalue weighted by Crippen LogP contribution is 2.35. The molecule has 3 rings (SSSR count). The summed E-state index contributed by atoms with van der Waals surface area (Å²) in [4.78, 5) is 13.0. The van der Waals surface area contributed by atoms with E-state index >= 15 is 0 Å². The molecule has 138 valence electrons. The standard InChI is InChI=1S/C20H19FN4OS/c1-3-13-25-14(2)23-24-20(25)27-18(15-7-5-4-6-8-15)19(26)22-17-11-9-16(21)10-12-17/h3-12,18H,1,13H2,2H3,(H,22,26)/t18-/m0/s1. The third-order valence-electron chi connectivity index (χ3n) is 3.89. The minimum Gasteiger partial charge on any atom is -0.325 e. The summed E-state index contributed by atoms with van der Waals surface area (Å²) < 4.78 is 15.0. The van der Waals surface area contributed by atoms with E-state index < -0.39 is 5.25 Å². The number of aromatic nitrogens is 3. The molecule has 1 amide bonds. The smallest absolute Gasteiger partial charge is 0.242 e. The molecule has 0 fully saturated rings. The van der Waals surface area contributed by atoms with Gasteiger partial charge in [0.1, 0.15) is 16.9 Å². The predicted octanol–water partition coefficient (Wildman–Crippen LogP) is 4.38. The Labute approximate surface area is 161 Å². The van der Waals surface area contributed by atoms with E-state index in [0.717, 1.165) is 11.4 Å². The molecule has 7 heteroatoms. The number of anilines is 1. The highest BCUT2D eigenvalue weighted by molar-refractivity contribution is 8.00. The van der Waals surface area contributed by atoms with Crippen LogP contribution < -0.4 is 5.32 Å². The lowest BCUT2D eigenvalue weighted by Gasteiger charge is -2.17. The van der Waals surface area contributed by atoms with Crippen LogP contribution in [0.1, 0.15) is 16.6 Å². The first kappa shape index (κ1) is 18.8. The largest absolute Gasteiger partial charge is 0.325 e. The number of halogens is 1. The normalized spacial score (nSPS) is 11.8. The van der Waals surface area contributed by atoms with Gasteiger partial charge in [-0.3, -0.25) is 4.79 Å². The zero-order valence-corrected chi connectivity index (χ0v) is 15.6. The van der Waals surface area contributed by atoms with Gasteiger partial charge in [-0.1, -0.05) is 48.2 Å². The lowest BCUT2D eigenvalue weighted by Crippen LogP contribution is -2.19. The van der Waals surface area contributed by atoms with Crippen LogP contribution in [0.3, 0.4) is 0 Å². The zero-order valence-electron chi connectivity index (χ0n) is 14.8. The fraction of sp³-hybridized carbons (Fsp3) is 0.150. The van der Waals surface area contributed by atoms with Crippen LogP contribution in [0.15, 0.2) is 72.4 Å². The van der Waals surface area contributed by atoms with Gasteiger partial charge in [-0.2, -0.15) is 0 Å². The molecule has 5 nitrogen and oxygen atoms in total. The first-order valence-corrected chi connectivity index (χ1v) is 9.25. The van der Waals surface area contributed by atoms with Gasteiger partial charge in [0.05, 0.1) is 0 Å². The maximum Gasteiger partial charge on any atom is 0.242 e. The van der Waals surface area contributed by atoms with E-state index in [4.69, 9.17) is 0 Å². The fourth-order valence-electron chi connectivity index (χ4n) is 2.54. The Morgan fingerprint density at radius 3 is 2.59 bits per heavy atom. The molecule has 1 heterocycles.